The third kappa shape index (κ3) is 3.29. The summed E-state index contributed by atoms with van der Waals surface area (Å²) in [5.41, 5.74) is 0. The van der Waals surface area contributed by atoms with Crippen LogP contribution in [0.3, 0.4) is 0 Å². The van der Waals surface area contributed by atoms with Crippen molar-refractivity contribution in [3.05, 3.63) is 0 Å². The van der Waals surface area contributed by atoms with E-state index in [1.807, 2.05) is 0 Å². The molecular formula is C13H23NO2. The quantitative estimate of drug-likeness (QED) is 0.735. The van der Waals surface area contributed by atoms with E-state index in [4.69, 9.17) is 4.74 Å². The van der Waals surface area contributed by atoms with E-state index in [1.54, 1.807) is 0 Å². The van der Waals surface area contributed by atoms with Crippen LogP contribution in [0.2, 0.25) is 0 Å². The number of Topliss-reactive ketones (excluding diaryl/α,β-unsaturated/α-hetero) is 1. The van der Waals surface area contributed by atoms with Crippen LogP contribution in [0.4, 0.5) is 0 Å². The van der Waals surface area contributed by atoms with Crippen LogP contribution < -0.4 is 0 Å². The summed E-state index contributed by atoms with van der Waals surface area (Å²) in [4.78, 5) is 13.7. The van der Waals surface area contributed by atoms with Gasteiger partial charge >= 0.3 is 0 Å². The Morgan fingerprint density at radius 3 is 3.00 bits per heavy atom. The molecule has 0 radical (unpaired) electrons. The molecule has 2 aliphatic heterocycles. The monoisotopic (exact) mass is 225 g/mol. The van der Waals surface area contributed by atoms with Crippen molar-refractivity contribution in [3.8, 4) is 0 Å². The summed E-state index contributed by atoms with van der Waals surface area (Å²) in [6, 6.07) is 0.435. The first kappa shape index (κ1) is 12.1. The van der Waals surface area contributed by atoms with Gasteiger partial charge in [0.25, 0.3) is 0 Å². The van der Waals surface area contributed by atoms with Crippen molar-refractivity contribution < 1.29 is 9.53 Å². The molecule has 16 heavy (non-hydrogen) atoms. The zero-order chi connectivity index (χ0) is 11.4. The maximum absolute atomic E-state index is 11.3. The lowest BCUT2D eigenvalue weighted by atomic mass is 10.0. The van der Waals surface area contributed by atoms with Crippen LogP contribution >= 0.6 is 0 Å². The van der Waals surface area contributed by atoms with Crippen LogP contribution in [0.1, 0.15) is 45.4 Å². The molecule has 0 amide bonds. The number of ether oxygens (including phenoxy) is 1. The molecule has 2 atom stereocenters. The fraction of sp³-hybridized carbons (Fsp3) is 0.923. The summed E-state index contributed by atoms with van der Waals surface area (Å²) in [5.74, 6) is 0.428. The van der Waals surface area contributed by atoms with Crippen molar-refractivity contribution >= 4 is 5.78 Å². The van der Waals surface area contributed by atoms with Crippen LogP contribution in [0.5, 0.6) is 0 Å². The lowest BCUT2D eigenvalue weighted by Gasteiger charge is -2.34. The summed E-state index contributed by atoms with van der Waals surface area (Å²) in [7, 11) is 0. The molecule has 0 aromatic rings. The lowest BCUT2D eigenvalue weighted by molar-refractivity contribution is -0.123. The minimum atomic E-state index is 0.428. The molecule has 3 nitrogen and oxygen atoms in total. The molecule has 2 rings (SSSR count). The van der Waals surface area contributed by atoms with Gasteiger partial charge in [-0.3, -0.25) is 9.69 Å². The Morgan fingerprint density at radius 2 is 2.31 bits per heavy atom. The van der Waals surface area contributed by atoms with Gasteiger partial charge in [0, 0.05) is 38.6 Å². The standard InChI is InChI=1S/C13H23NO2/c1-11-10-12(15)5-7-14(11)8-6-13-4-2-3-9-16-13/h11,13H,2-10H2,1H3. The van der Waals surface area contributed by atoms with Gasteiger partial charge in [0.2, 0.25) is 0 Å². The number of nitrogens with zero attached hydrogens (tertiary/aromatic N) is 1. The maximum Gasteiger partial charge on any atom is 0.135 e. The molecule has 3 heteroatoms. The van der Waals surface area contributed by atoms with Crippen molar-refractivity contribution in [1.82, 2.24) is 4.90 Å². The molecule has 0 bridgehead atoms. The van der Waals surface area contributed by atoms with Crippen molar-refractivity contribution in [2.24, 2.45) is 0 Å². The average Bonchev–Trinajstić information content (AvgIpc) is 2.29. The number of rotatable bonds is 3. The van der Waals surface area contributed by atoms with Crippen LogP contribution in [-0.2, 0) is 9.53 Å². The largest absolute Gasteiger partial charge is 0.378 e. The zero-order valence-corrected chi connectivity index (χ0v) is 10.3. The van der Waals surface area contributed by atoms with Crippen LogP contribution in [0, 0.1) is 0 Å². The van der Waals surface area contributed by atoms with E-state index in [0.29, 0.717) is 17.9 Å². The summed E-state index contributed by atoms with van der Waals surface area (Å²) in [6.45, 7) is 5.16. The second kappa shape index (κ2) is 5.78. The topological polar surface area (TPSA) is 29.5 Å². The maximum atomic E-state index is 11.3. The first-order valence-corrected chi connectivity index (χ1v) is 6.63. The van der Waals surface area contributed by atoms with Crippen LogP contribution in [0.15, 0.2) is 0 Å². The van der Waals surface area contributed by atoms with Crippen molar-refractivity contribution in [2.75, 3.05) is 19.7 Å². The summed E-state index contributed by atoms with van der Waals surface area (Å²) in [6.07, 6.45) is 6.86. The second-order valence-corrected chi connectivity index (χ2v) is 5.16. The molecule has 2 heterocycles. The van der Waals surface area contributed by atoms with E-state index >= 15 is 0 Å². The smallest absolute Gasteiger partial charge is 0.135 e. The fourth-order valence-electron chi connectivity index (χ4n) is 2.73. The van der Waals surface area contributed by atoms with Gasteiger partial charge in [0.15, 0.2) is 0 Å². The van der Waals surface area contributed by atoms with E-state index < -0.39 is 0 Å². The Hall–Kier alpha value is -0.410. The Balaban J connectivity index is 1.70. The molecule has 0 N–H and O–H groups in total. The normalized spacial score (nSPS) is 32.9. The Bertz CT molecular complexity index is 236. The lowest BCUT2D eigenvalue weighted by Crippen LogP contribution is -2.42. The summed E-state index contributed by atoms with van der Waals surface area (Å²) >= 11 is 0. The average molecular weight is 225 g/mol. The van der Waals surface area contributed by atoms with E-state index in [2.05, 4.69) is 11.8 Å². The third-order valence-electron chi connectivity index (χ3n) is 3.84. The molecule has 2 unspecified atom stereocenters. The highest BCUT2D eigenvalue weighted by Gasteiger charge is 2.24. The van der Waals surface area contributed by atoms with E-state index in [0.717, 1.165) is 39.0 Å². The molecule has 2 fully saturated rings. The van der Waals surface area contributed by atoms with Gasteiger partial charge in [-0.05, 0) is 32.6 Å². The Kier molecular flexibility index (Phi) is 4.36. The van der Waals surface area contributed by atoms with Gasteiger partial charge in [-0.2, -0.15) is 0 Å². The number of hydrogen-bond donors (Lipinski definition) is 0. The number of ketones is 1. The summed E-state index contributed by atoms with van der Waals surface area (Å²) < 4.78 is 5.73. The molecule has 0 aromatic carbocycles. The van der Waals surface area contributed by atoms with Gasteiger partial charge in [0.05, 0.1) is 6.10 Å². The minimum absolute atomic E-state index is 0.428. The predicted molar refractivity (Wildman–Crippen MR) is 63.5 cm³/mol. The third-order valence-corrected chi connectivity index (χ3v) is 3.84. The molecule has 2 saturated heterocycles. The molecule has 0 aliphatic carbocycles. The predicted octanol–water partition coefficient (Wildman–Crippen LogP) is 2.00. The minimum Gasteiger partial charge on any atom is -0.378 e. The zero-order valence-electron chi connectivity index (χ0n) is 10.3. The number of hydrogen-bond acceptors (Lipinski definition) is 3. The molecular weight excluding hydrogens is 202 g/mol. The van der Waals surface area contributed by atoms with Crippen LogP contribution in [0.25, 0.3) is 0 Å². The SMILES string of the molecule is CC1CC(=O)CCN1CCC1CCCCO1. The molecule has 92 valence electrons. The first-order chi connectivity index (χ1) is 7.75. The first-order valence-electron chi connectivity index (χ1n) is 6.63. The van der Waals surface area contributed by atoms with Crippen LogP contribution in [-0.4, -0.2) is 42.5 Å². The highest BCUT2D eigenvalue weighted by molar-refractivity contribution is 5.79. The number of carbonyl (C=O) groups is 1. The Labute approximate surface area is 98.1 Å². The van der Waals surface area contributed by atoms with Gasteiger partial charge in [-0.1, -0.05) is 0 Å². The molecule has 0 saturated carbocycles. The van der Waals surface area contributed by atoms with Crippen molar-refractivity contribution in [3.63, 3.8) is 0 Å². The number of piperidine rings is 1. The summed E-state index contributed by atoms with van der Waals surface area (Å²) in [5, 5.41) is 0. The molecule has 2 aliphatic rings. The van der Waals surface area contributed by atoms with Crippen molar-refractivity contribution in [1.29, 1.82) is 0 Å². The Morgan fingerprint density at radius 1 is 1.44 bits per heavy atom. The number of carbonyl (C=O) groups excluding carboxylic acids is 1. The van der Waals surface area contributed by atoms with E-state index in [9.17, 15) is 4.79 Å². The van der Waals surface area contributed by atoms with Gasteiger partial charge < -0.3 is 4.74 Å². The molecule has 0 aromatic heterocycles. The van der Waals surface area contributed by atoms with E-state index in [-0.39, 0.29) is 0 Å². The van der Waals surface area contributed by atoms with Gasteiger partial charge in [-0.25, -0.2) is 0 Å². The second-order valence-electron chi connectivity index (χ2n) is 5.16. The highest BCUT2D eigenvalue weighted by Crippen LogP contribution is 2.19. The number of likely N-dealkylation sites (tertiary alicyclic amines) is 1. The highest BCUT2D eigenvalue weighted by atomic mass is 16.5. The van der Waals surface area contributed by atoms with Gasteiger partial charge in [-0.15, -0.1) is 0 Å². The van der Waals surface area contributed by atoms with Gasteiger partial charge in [0.1, 0.15) is 5.78 Å². The molecule has 0 spiro atoms. The van der Waals surface area contributed by atoms with E-state index in [1.165, 1.54) is 19.3 Å². The fourth-order valence-corrected chi connectivity index (χ4v) is 2.73. The van der Waals surface area contributed by atoms with Crippen molar-refractivity contribution in [2.45, 2.75) is 57.6 Å².